The van der Waals surface area contributed by atoms with E-state index in [0.29, 0.717) is 45.1 Å². The van der Waals surface area contributed by atoms with Crippen LogP contribution in [0.15, 0.2) is 201 Å². The fourth-order valence-electron chi connectivity index (χ4n) is 10.6. The molecule has 12 aromatic rings. The van der Waals surface area contributed by atoms with Gasteiger partial charge in [0.2, 0.25) is 0 Å². The number of rotatable bonds is 22. The lowest BCUT2D eigenvalue weighted by Gasteiger charge is -2.16. The van der Waals surface area contributed by atoms with E-state index in [1.54, 1.807) is 48.5 Å². The lowest BCUT2D eigenvalue weighted by molar-refractivity contribution is 0.0987. The second-order valence-corrected chi connectivity index (χ2v) is 21.8. The number of anilines is 4. The van der Waals surface area contributed by atoms with Crippen molar-refractivity contribution in [3.8, 4) is 23.0 Å². The molecule has 0 radical (unpaired) electrons. The number of carbonyl (C=O) groups is 4. The van der Waals surface area contributed by atoms with Gasteiger partial charge in [0.1, 0.15) is 11.2 Å². The third-order valence-electron chi connectivity index (χ3n) is 15.6. The Bertz CT molecular complexity index is 4610. The number of benzene rings is 8. The van der Waals surface area contributed by atoms with Gasteiger partial charge in [-0.25, -0.2) is 0 Å². The van der Waals surface area contributed by atoms with Crippen molar-refractivity contribution in [2.75, 3.05) is 62.8 Å². The van der Waals surface area contributed by atoms with E-state index < -0.39 is 23.6 Å². The van der Waals surface area contributed by atoms with Gasteiger partial charge in [-0.05, 0) is 133 Å². The lowest BCUT2D eigenvalue weighted by atomic mass is 10.1. The highest BCUT2D eigenvalue weighted by atomic mass is 16.5. The van der Waals surface area contributed by atoms with Gasteiger partial charge in [0, 0.05) is 73.6 Å². The molecule has 0 saturated heterocycles. The second kappa shape index (κ2) is 28.9. The quantitative estimate of drug-likeness (QED) is 0.0344. The van der Waals surface area contributed by atoms with E-state index in [0.717, 1.165) is 84.1 Å². The molecule has 0 aliphatic rings. The molecule has 0 unspecified atom stereocenters. The summed E-state index contributed by atoms with van der Waals surface area (Å²) >= 11 is 0. The van der Waals surface area contributed by atoms with Crippen LogP contribution in [-0.2, 0) is 40.0 Å². The van der Waals surface area contributed by atoms with E-state index >= 15 is 0 Å². The van der Waals surface area contributed by atoms with Gasteiger partial charge in [-0.1, -0.05) is 60.7 Å². The van der Waals surface area contributed by atoms with Gasteiger partial charge in [0.15, 0.2) is 45.4 Å². The van der Waals surface area contributed by atoms with Crippen LogP contribution in [0.1, 0.15) is 64.1 Å². The molecule has 4 amide bonds. The van der Waals surface area contributed by atoms with Crippen LogP contribution in [0.3, 0.4) is 0 Å². The van der Waals surface area contributed by atoms with Crippen LogP contribution >= 0.6 is 0 Å². The molecule has 8 aromatic carbocycles. The fraction of sp³-hybridized carbons (Fsp3) is 0.167. The maximum Gasteiger partial charge on any atom is 0.291 e. The zero-order valence-electron chi connectivity index (χ0n) is 52.3. The van der Waals surface area contributed by atoms with Gasteiger partial charge < -0.3 is 59.7 Å². The number of aromatic nitrogens is 4. The van der Waals surface area contributed by atoms with Crippen LogP contribution in [0.2, 0.25) is 0 Å². The highest BCUT2D eigenvalue weighted by Gasteiger charge is 2.24. The van der Waals surface area contributed by atoms with Gasteiger partial charge in [0.25, 0.3) is 23.6 Å². The smallest absolute Gasteiger partial charge is 0.291 e. The summed E-state index contributed by atoms with van der Waals surface area (Å²) in [5.74, 6) is -1.57. The molecule has 0 saturated carbocycles. The molecule has 0 bridgehead atoms. The van der Waals surface area contributed by atoms with Crippen molar-refractivity contribution >= 4 is 90.1 Å². The molecular formula is C72H66N10O12. The average Bonchev–Trinajstić information content (AvgIpc) is 1.78. The average molecular weight is 1260 g/mol. The van der Waals surface area contributed by atoms with E-state index in [2.05, 4.69) is 78.5 Å². The number of hydrogen-bond donors (Lipinski definition) is 6. The summed E-state index contributed by atoms with van der Waals surface area (Å²) in [5.41, 5.74) is 8.31. The number of hydrogen-bond acceptors (Lipinski definition) is 16. The molecule has 4 aromatic heterocycles. The molecular weight excluding hydrogens is 1200 g/mol. The van der Waals surface area contributed by atoms with E-state index in [1.807, 2.05) is 84.4 Å². The van der Waals surface area contributed by atoms with E-state index in [9.17, 15) is 28.8 Å². The first-order chi connectivity index (χ1) is 45.6. The SMILES string of the molecule is COc1cc(NC(=O)c2cc(=O)c3ccccc3o2)c(C(=O)Nc2ccc(CCNCc3ccc4c(cnn4C)c3)cc2)cc1OC.COc1cc(NC(=O)c2cc(=O)c3ccccc3o2)c(C(=O)Nc2ccc(CCNCc3ccc4c(cnn4C)c3)cc2)cc1OC. The molecule has 22 nitrogen and oxygen atoms in total. The van der Waals surface area contributed by atoms with Crippen molar-refractivity contribution < 1.29 is 47.0 Å². The first-order valence-corrected chi connectivity index (χ1v) is 29.9. The number of carbonyl (C=O) groups excluding carboxylic acids is 4. The van der Waals surface area contributed by atoms with Crippen molar-refractivity contribution in [3.63, 3.8) is 0 Å². The summed E-state index contributed by atoms with van der Waals surface area (Å²) in [5, 5.41) is 29.6. The number of aryl methyl sites for hydroxylation is 2. The third kappa shape index (κ3) is 14.8. The Balaban J connectivity index is 0.000000192. The van der Waals surface area contributed by atoms with Crippen molar-refractivity contribution in [1.82, 2.24) is 30.2 Å². The molecule has 0 atom stereocenters. The Morgan fingerprint density at radius 1 is 0.426 bits per heavy atom. The maximum absolute atomic E-state index is 13.5. The molecule has 0 fully saturated rings. The number of methoxy groups -OCH3 is 4. The normalized spacial score (nSPS) is 11.0. The van der Waals surface area contributed by atoms with E-state index in [4.69, 9.17) is 27.8 Å². The molecule has 22 heteroatoms. The van der Waals surface area contributed by atoms with Gasteiger partial charge >= 0.3 is 0 Å². The molecule has 4 heterocycles. The minimum atomic E-state index is -0.704. The second-order valence-electron chi connectivity index (χ2n) is 21.8. The Kier molecular flexibility index (Phi) is 19.6. The molecule has 0 aliphatic heterocycles. The Morgan fingerprint density at radius 3 is 1.19 bits per heavy atom. The van der Waals surface area contributed by atoms with Crippen LogP contribution in [0.25, 0.3) is 43.7 Å². The number of fused-ring (bicyclic) bond motifs is 4. The first-order valence-electron chi connectivity index (χ1n) is 29.9. The first kappa shape index (κ1) is 63.7. The number of ether oxygens (including phenoxy) is 4. The summed E-state index contributed by atoms with van der Waals surface area (Å²) in [6.07, 6.45) is 5.35. The number of amides is 4. The van der Waals surface area contributed by atoms with Crippen molar-refractivity contribution in [1.29, 1.82) is 0 Å². The fourth-order valence-corrected chi connectivity index (χ4v) is 10.6. The molecule has 12 rings (SSSR count). The summed E-state index contributed by atoms with van der Waals surface area (Å²) in [4.78, 5) is 78.6. The Morgan fingerprint density at radius 2 is 0.798 bits per heavy atom. The van der Waals surface area contributed by atoms with Crippen LogP contribution < -0.4 is 61.7 Å². The van der Waals surface area contributed by atoms with Crippen LogP contribution in [0, 0.1) is 0 Å². The van der Waals surface area contributed by atoms with Gasteiger partial charge in [-0.15, -0.1) is 0 Å². The molecule has 0 spiro atoms. The van der Waals surface area contributed by atoms with Gasteiger partial charge in [0.05, 0.1) is 85.1 Å². The number of nitrogens with zero attached hydrogens (tertiary/aromatic N) is 4. The molecule has 476 valence electrons. The zero-order valence-corrected chi connectivity index (χ0v) is 52.3. The standard InChI is InChI=1S/2C36H33N5O6/c2*1-41-29-13-10-23(16-24(29)21-38-41)20-37-15-14-22-8-11-25(12-9-22)39-35(43)27-17-32(45-2)33(46-3)18-28(27)40-36(44)34-19-30(42)26-6-4-5-7-31(26)47-34/h2*4-13,16-19,21,37H,14-15,20H2,1-3H3,(H,39,43)(H,40,44). The van der Waals surface area contributed by atoms with Crippen LogP contribution in [-0.4, -0.2) is 84.7 Å². The third-order valence-corrected chi connectivity index (χ3v) is 15.6. The van der Waals surface area contributed by atoms with Crippen molar-refractivity contribution in [2.24, 2.45) is 14.1 Å². The lowest BCUT2D eigenvalue weighted by Crippen LogP contribution is -2.20. The summed E-state index contributed by atoms with van der Waals surface area (Å²) in [6.45, 7) is 3.05. The Hall–Kier alpha value is -11.9. The van der Waals surface area contributed by atoms with Gasteiger partial charge in [-0.3, -0.25) is 38.1 Å². The summed E-state index contributed by atoms with van der Waals surface area (Å²) in [6, 6.07) is 49.2. The number of nitrogens with one attached hydrogen (secondary N) is 6. The predicted molar refractivity (Wildman–Crippen MR) is 361 cm³/mol. The van der Waals surface area contributed by atoms with E-state index in [-0.39, 0.29) is 56.0 Å². The molecule has 94 heavy (non-hydrogen) atoms. The maximum atomic E-state index is 13.5. The zero-order chi connectivity index (χ0) is 65.8. The van der Waals surface area contributed by atoms with Crippen LogP contribution in [0.5, 0.6) is 23.0 Å². The molecule has 6 N–H and O–H groups in total. The highest BCUT2D eigenvalue weighted by Crippen LogP contribution is 2.36. The van der Waals surface area contributed by atoms with Crippen LogP contribution in [0.4, 0.5) is 22.7 Å². The molecule has 0 aliphatic carbocycles. The van der Waals surface area contributed by atoms with Crippen molar-refractivity contribution in [3.05, 3.63) is 248 Å². The predicted octanol–water partition coefficient (Wildman–Crippen LogP) is 11.1. The van der Waals surface area contributed by atoms with Gasteiger partial charge in [-0.2, -0.15) is 10.2 Å². The largest absolute Gasteiger partial charge is 0.493 e. The summed E-state index contributed by atoms with van der Waals surface area (Å²) < 4.78 is 36.7. The summed E-state index contributed by atoms with van der Waals surface area (Å²) in [7, 11) is 9.67. The highest BCUT2D eigenvalue weighted by molar-refractivity contribution is 6.14. The topological polar surface area (TPSA) is 273 Å². The number of para-hydroxylation sites is 2. The van der Waals surface area contributed by atoms with Crippen molar-refractivity contribution in [2.45, 2.75) is 25.9 Å². The minimum Gasteiger partial charge on any atom is -0.493 e. The monoisotopic (exact) mass is 1260 g/mol. The van der Waals surface area contributed by atoms with E-state index in [1.165, 1.54) is 63.8 Å². The minimum absolute atomic E-state index is 0.122. The Labute approximate surface area is 538 Å².